The Hall–Kier alpha value is -1.04. The molecule has 1 amide bonds. The summed E-state index contributed by atoms with van der Waals surface area (Å²) in [4.78, 5) is 13.0. The lowest BCUT2D eigenvalue weighted by Crippen LogP contribution is -2.45. The molecule has 1 heterocycles. The van der Waals surface area contributed by atoms with Crippen LogP contribution in [0.2, 0.25) is 0 Å². The largest absolute Gasteiger partial charge is 0.366 e. The average molecular weight is 252 g/mol. The Kier molecular flexibility index (Phi) is 4.42. The van der Waals surface area contributed by atoms with Gasteiger partial charge in [0.2, 0.25) is 0 Å². The first kappa shape index (κ1) is 12.4. The van der Waals surface area contributed by atoms with Gasteiger partial charge in [-0.15, -0.1) is 11.8 Å². The van der Waals surface area contributed by atoms with Gasteiger partial charge in [0.15, 0.2) is 0 Å². The number of para-hydroxylation sites is 1. The maximum Gasteiger partial charge on any atom is 0.254 e. The van der Waals surface area contributed by atoms with E-state index >= 15 is 0 Å². The summed E-state index contributed by atoms with van der Waals surface area (Å²) < 4.78 is 5.40. The Labute approximate surface area is 105 Å². The Balaban J connectivity index is 2.01. The zero-order chi connectivity index (χ0) is 12.1. The van der Waals surface area contributed by atoms with Crippen molar-refractivity contribution in [2.75, 3.05) is 31.3 Å². The van der Waals surface area contributed by atoms with Crippen molar-refractivity contribution >= 4 is 23.4 Å². The van der Waals surface area contributed by atoms with Gasteiger partial charge in [0.25, 0.3) is 5.91 Å². The molecule has 1 fully saturated rings. The molecule has 2 N–H and O–H groups in total. The van der Waals surface area contributed by atoms with Gasteiger partial charge in [0.1, 0.15) is 6.10 Å². The topological polar surface area (TPSA) is 50.4 Å². The number of hydrogen-bond donors (Lipinski definition) is 2. The lowest BCUT2D eigenvalue weighted by molar-refractivity contribution is -0.128. The second-order valence-corrected chi connectivity index (χ2v) is 4.60. The molecule has 17 heavy (non-hydrogen) atoms. The number of carbonyl (C=O) groups is 1. The minimum Gasteiger partial charge on any atom is -0.366 e. The van der Waals surface area contributed by atoms with Crippen LogP contribution < -0.4 is 10.6 Å². The molecule has 0 saturated carbocycles. The molecule has 0 radical (unpaired) electrons. The first-order chi connectivity index (χ1) is 8.31. The maximum atomic E-state index is 12.0. The van der Waals surface area contributed by atoms with Crippen LogP contribution in [0.15, 0.2) is 29.2 Å². The highest BCUT2D eigenvalue weighted by atomic mass is 32.2. The number of thioether (sulfide) groups is 1. The molecule has 1 saturated heterocycles. The van der Waals surface area contributed by atoms with Gasteiger partial charge >= 0.3 is 0 Å². The molecular formula is C12H16N2O2S. The molecule has 1 aromatic carbocycles. The molecule has 92 valence electrons. The van der Waals surface area contributed by atoms with Crippen molar-refractivity contribution in [3.8, 4) is 0 Å². The summed E-state index contributed by atoms with van der Waals surface area (Å²) in [6, 6.07) is 7.76. The van der Waals surface area contributed by atoms with Crippen molar-refractivity contribution in [3.63, 3.8) is 0 Å². The van der Waals surface area contributed by atoms with Gasteiger partial charge in [-0.1, -0.05) is 12.1 Å². The summed E-state index contributed by atoms with van der Waals surface area (Å²) in [6.07, 6.45) is 1.60. The Morgan fingerprint density at radius 3 is 3.06 bits per heavy atom. The third-order valence-electron chi connectivity index (χ3n) is 2.58. The van der Waals surface area contributed by atoms with Crippen LogP contribution in [0.4, 0.5) is 5.69 Å². The van der Waals surface area contributed by atoms with Crippen LogP contribution in [0.3, 0.4) is 0 Å². The zero-order valence-electron chi connectivity index (χ0n) is 9.73. The highest BCUT2D eigenvalue weighted by Crippen LogP contribution is 2.24. The van der Waals surface area contributed by atoms with Crippen LogP contribution in [0.1, 0.15) is 0 Å². The number of morpholine rings is 1. The fraction of sp³-hybridized carbons (Fsp3) is 0.417. The summed E-state index contributed by atoms with van der Waals surface area (Å²) >= 11 is 1.61. The molecular weight excluding hydrogens is 236 g/mol. The number of nitrogens with one attached hydrogen (secondary N) is 2. The van der Waals surface area contributed by atoms with Crippen LogP contribution in [0.5, 0.6) is 0 Å². The van der Waals surface area contributed by atoms with Gasteiger partial charge < -0.3 is 15.4 Å². The second kappa shape index (κ2) is 6.05. The monoisotopic (exact) mass is 252 g/mol. The lowest BCUT2D eigenvalue weighted by atomic mass is 10.2. The van der Waals surface area contributed by atoms with E-state index in [1.807, 2.05) is 30.5 Å². The minimum atomic E-state index is -0.390. The normalized spacial score (nSPS) is 19.9. The quantitative estimate of drug-likeness (QED) is 0.797. The predicted molar refractivity (Wildman–Crippen MR) is 69.5 cm³/mol. The number of hydrogen-bond acceptors (Lipinski definition) is 4. The summed E-state index contributed by atoms with van der Waals surface area (Å²) in [5, 5.41) is 6.05. The van der Waals surface area contributed by atoms with Crippen LogP contribution in [-0.2, 0) is 9.53 Å². The molecule has 1 aliphatic rings. The first-order valence-corrected chi connectivity index (χ1v) is 6.80. The summed E-state index contributed by atoms with van der Waals surface area (Å²) in [5.74, 6) is -0.0845. The van der Waals surface area contributed by atoms with Gasteiger partial charge in [0, 0.05) is 18.0 Å². The summed E-state index contributed by atoms with van der Waals surface area (Å²) in [6.45, 7) is 1.97. The van der Waals surface area contributed by atoms with Crippen LogP contribution in [-0.4, -0.2) is 38.0 Å². The lowest BCUT2D eigenvalue weighted by Gasteiger charge is -2.23. The molecule has 2 rings (SSSR count). The fourth-order valence-corrected chi connectivity index (χ4v) is 2.25. The number of carbonyl (C=O) groups excluding carboxylic acids is 1. The van der Waals surface area contributed by atoms with Crippen molar-refractivity contribution < 1.29 is 9.53 Å². The van der Waals surface area contributed by atoms with Crippen LogP contribution >= 0.6 is 11.8 Å². The minimum absolute atomic E-state index is 0.0845. The van der Waals surface area contributed by atoms with E-state index in [9.17, 15) is 4.79 Å². The summed E-state index contributed by atoms with van der Waals surface area (Å²) in [7, 11) is 0. The third kappa shape index (κ3) is 3.21. The first-order valence-electron chi connectivity index (χ1n) is 5.57. The predicted octanol–water partition coefficient (Wildman–Crippen LogP) is 1.34. The van der Waals surface area contributed by atoms with Gasteiger partial charge in [-0.2, -0.15) is 0 Å². The molecule has 1 atom stereocenters. The molecule has 0 spiro atoms. The Morgan fingerprint density at radius 2 is 2.35 bits per heavy atom. The van der Waals surface area contributed by atoms with Crippen molar-refractivity contribution in [2.24, 2.45) is 0 Å². The van der Waals surface area contributed by atoms with Gasteiger partial charge in [-0.05, 0) is 18.4 Å². The molecule has 0 aromatic heterocycles. The van der Waals surface area contributed by atoms with E-state index in [1.165, 1.54) is 0 Å². The molecule has 1 unspecified atom stereocenters. The second-order valence-electron chi connectivity index (χ2n) is 3.75. The molecule has 1 aliphatic heterocycles. The van der Waals surface area contributed by atoms with E-state index in [2.05, 4.69) is 10.6 Å². The zero-order valence-corrected chi connectivity index (χ0v) is 10.5. The third-order valence-corrected chi connectivity index (χ3v) is 3.38. The van der Waals surface area contributed by atoms with E-state index in [-0.39, 0.29) is 5.91 Å². The SMILES string of the molecule is CSc1ccccc1NC(=O)C1CNCCO1. The standard InChI is InChI=1S/C12H16N2O2S/c1-17-11-5-3-2-4-9(11)14-12(15)10-8-13-6-7-16-10/h2-5,10,13H,6-8H2,1H3,(H,14,15). The van der Waals surface area contributed by atoms with E-state index < -0.39 is 6.10 Å². The number of anilines is 1. The van der Waals surface area contributed by atoms with Gasteiger partial charge in [0.05, 0.1) is 12.3 Å². The number of amides is 1. The molecule has 1 aromatic rings. The van der Waals surface area contributed by atoms with E-state index in [1.54, 1.807) is 11.8 Å². The van der Waals surface area contributed by atoms with Crippen molar-refractivity contribution in [1.82, 2.24) is 5.32 Å². The Morgan fingerprint density at radius 1 is 1.53 bits per heavy atom. The molecule has 0 aliphatic carbocycles. The maximum absolute atomic E-state index is 12.0. The Bertz CT molecular complexity index is 392. The number of ether oxygens (including phenoxy) is 1. The van der Waals surface area contributed by atoms with E-state index in [4.69, 9.17) is 4.74 Å². The average Bonchev–Trinajstić information content (AvgIpc) is 2.40. The van der Waals surface area contributed by atoms with E-state index in [0.29, 0.717) is 13.2 Å². The number of benzene rings is 1. The highest BCUT2D eigenvalue weighted by Gasteiger charge is 2.22. The fourth-order valence-electron chi connectivity index (χ4n) is 1.69. The number of rotatable bonds is 3. The van der Waals surface area contributed by atoms with Crippen molar-refractivity contribution in [3.05, 3.63) is 24.3 Å². The molecule has 0 bridgehead atoms. The van der Waals surface area contributed by atoms with Gasteiger partial charge in [-0.3, -0.25) is 4.79 Å². The molecule has 4 nitrogen and oxygen atoms in total. The molecule has 5 heteroatoms. The highest BCUT2D eigenvalue weighted by molar-refractivity contribution is 7.98. The van der Waals surface area contributed by atoms with Crippen LogP contribution in [0, 0.1) is 0 Å². The smallest absolute Gasteiger partial charge is 0.254 e. The van der Waals surface area contributed by atoms with Crippen LogP contribution in [0.25, 0.3) is 0 Å². The van der Waals surface area contributed by atoms with Crippen molar-refractivity contribution in [2.45, 2.75) is 11.0 Å². The van der Waals surface area contributed by atoms with Crippen molar-refractivity contribution in [1.29, 1.82) is 0 Å². The summed E-state index contributed by atoms with van der Waals surface area (Å²) in [5.41, 5.74) is 0.846. The van der Waals surface area contributed by atoms with Gasteiger partial charge in [-0.25, -0.2) is 0 Å². The van der Waals surface area contributed by atoms with E-state index in [0.717, 1.165) is 17.1 Å².